The average Bonchev–Trinajstić information content (AvgIpc) is 3.12. The zero-order chi connectivity index (χ0) is 18.3. The van der Waals surface area contributed by atoms with Gasteiger partial charge < -0.3 is 9.47 Å². The largest absolute Gasteiger partial charge is 0.459 e. The second-order valence-corrected chi connectivity index (χ2v) is 8.72. The van der Waals surface area contributed by atoms with Gasteiger partial charge in [-0.1, -0.05) is 23.7 Å². The van der Waals surface area contributed by atoms with Gasteiger partial charge in [-0.3, -0.25) is 9.59 Å². The number of hydrogen-bond donors (Lipinski definition) is 0. The molecule has 0 aliphatic heterocycles. The van der Waals surface area contributed by atoms with Crippen molar-refractivity contribution in [2.24, 2.45) is 5.41 Å². The number of carbonyl (C=O) groups is 2. The minimum absolute atomic E-state index is 0.250. The molecular weight excluding hydrogens is 328 g/mol. The van der Waals surface area contributed by atoms with E-state index in [9.17, 15) is 9.59 Å². The maximum Gasteiger partial charge on any atom is 0.324 e. The predicted octanol–water partition coefficient (Wildman–Crippen LogP) is 4.50. The van der Waals surface area contributed by atoms with E-state index in [0.29, 0.717) is 11.4 Å². The van der Waals surface area contributed by atoms with Crippen LogP contribution in [0.1, 0.15) is 59.4 Å². The molecule has 1 aromatic carbocycles. The van der Waals surface area contributed by atoms with Crippen LogP contribution in [0.3, 0.4) is 0 Å². The summed E-state index contributed by atoms with van der Waals surface area (Å²) in [6.45, 7) is 10.7. The van der Waals surface area contributed by atoms with Crippen LogP contribution in [0.2, 0.25) is 5.02 Å². The zero-order valence-electron chi connectivity index (χ0n) is 15.1. The highest BCUT2D eigenvalue weighted by Gasteiger charge is 2.69. The summed E-state index contributed by atoms with van der Waals surface area (Å²) in [6, 6.07) is 7.18. The first-order chi connectivity index (χ1) is 10.8. The van der Waals surface area contributed by atoms with E-state index < -0.39 is 28.6 Å². The molecule has 0 saturated heterocycles. The molecule has 0 heterocycles. The van der Waals surface area contributed by atoms with Crippen molar-refractivity contribution in [1.82, 2.24) is 0 Å². The van der Waals surface area contributed by atoms with Gasteiger partial charge in [0.2, 0.25) is 0 Å². The standard InChI is InChI=1S/C19H25ClO4/c1-17(2,3)23-15(21)19(16(22)24-18(4,5)6)11-14(19)12-7-9-13(20)10-8-12/h7-10,14H,11H2,1-6H3. The minimum Gasteiger partial charge on any atom is -0.459 e. The lowest BCUT2D eigenvalue weighted by atomic mass is 9.98. The van der Waals surface area contributed by atoms with Gasteiger partial charge in [0.1, 0.15) is 11.2 Å². The van der Waals surface area contributed by atoms with Crippen LogP contribution < -0.4 is 0 Å². The third-order valence-electron chi connectivity index (χ3n) is 3.76. The van der Waals surface area contributed by atoms with E-state index in [1.54, 1.807) is 53.7 Å². The summed E-state index contributed by atoms with van der Waals surface area (Å²) in [5.41, 5.74) is -1.72. The van der Waals surface area contributed by atoms with Crippen molar-refractivity contribution in [2.75, 3.05) is 0 Å². The molecule has 0 N–H and O–H groups in total. The Morgan fingerprint density at radius 3 is 1.75 bits per heavy atom. The van der Waals surface area contributed by atoms with E-state index in [0.717, 1.165) is 5.56 Å². The molecule has 0 aromatic heterocycles. The van der Waals surface area contributed by atoms with Crippen LogP contribution in [0.25, 0.3) is 0 Å². The zero-order valence-corrected chi connectivity index (χ0v) is 15.9. The fraction of sp³-hybridized carbons (Fsp3) is 0.579. The van der Waals surface area contributed by atoms with Crippen LogP contribution >= 0.6 is 11.6 Å². The van der Waals surface area contributed by atoms with Crippen molar-refractivity contribution >= 4 is 23.5 Å². The number of benzene rings is 1. The highest BCUT2D eigenvalue weighted by Crippen LogP contribution is 2.61. The molecule has 5 heteroatoms. The Morgan fingerprint density at radius 2 is 1.38 bits per heavy atom. The molecule has 4 nitrogen and oxygen atoms in total. The maximum atomic E-state index is 12.8. The highest BCUT2D eigenvalue weighted by molar-refractivity contribution is 6.30. The molecule has 1 aliphatic rings. The van der Waals surface area contributed by atoms with E-state index in [4.69, 9.17) is 21.1 Å². The Hall–Kier alpha value is -1.55. The summed E-state index contributed by atoms with van der Waals surface area (Å²) >= 11 is 5.92. The number of esters is 2. The van der Waals surface area contributed by atoms with E-state index in [2.05, 4.69) is 0 Å². The fourth-order valence-corrected chi connectivity index (χ4v) is 2.76. The molecule has 1 unspecified atom stereocenters. The Morgan fingerprint density at radius 1 is 0.958 bits per heavy atom. The molecule has 2 rings (SSSR count). The number of rotatable bonds is 3. The molecule has 24 heavy (non-hydrogen) atoms. The Kier molecular flexibility index (Phi) is 4.75. The normalized spacial score (nSPS) is 19.5. The molecule has 1 aromatic rings. The molecule has 1 atom stereocenters. The summed E-state index contributed by atoms with van der Waals surface area (Å²) in [7, 11) is 0. The SMILES string of the molecule is CC(C)(C)OC(=O)C1(C(=O)OC(C)(C)C)CC1c1ccc(Cl)cc1. The van der Waals surface area contributed by atoms with E-state index in [1.165, 1.54) is 0 Å². The minimum atomic E-state index is -1.27. The van der Waals surface area contributed by atoms with Crippen LogP contribution in [0, 0.1) is 5.41 Å². The van der Waals surface area contributed by atoms with Crippen LogP contribution in [-0.4, -0.2) is 23.1 Å². The van der Waals surface area contributed by atoms with Crippen molar-refractivity contribution in [3.05, 3.63) is 34.9 Å². The van der Waals surface area contributed by atoms with Crippen molar-refractivity contribution in [3.8, 4) is 0 Å². The average molecular weight is 353 g/mol. The molecular formula is C19H25ClO4. The number of halogens is 1. The Bertz CT molecular complexity index is 607. The van der Waals surface area contributed by atoms with Gasteiger partial charge in [0.15, 0.2) is 5.41 Å². The summed E-state index contributed by atoms with van der Waals surface area (Å²) in [5, 5.41) is 0.611. The van der Waals surface area contributed by atoms with E-state index in [-0.39, 0.29) is 5.92 Å². The first-order valence-electron chi connectivity index (χ1n) is 8.07. The first-order valence-corrected chi connectivity index (χ1v) is 8.45. The third-order valence-corrected chi connectivity index (χ3v) is 4.01. The molecule has 0 amide bonds. The maximum absolute atomic E-state index is 12.8. The smallest absolute Gasteiger partial charge is 0.324 e. The van der Waals surface area contributed by atoms with Gasteiger partial charge >= 0.3 is 11.9 Å². The molecule has 0 radical (unpaired) electrons. The predicted molar refractivity (Wildman–Crippen MR) is 92.9 cm³/mol. The molecule has 1 fully saturated rings. The second-order valence-electron chi connectivity index (χ2n) is 8.28. The van der Waals surface area contributed by atoms with Gasteiger partial charge in [0.25, 0.3) is 0 Å². The van der Waals surface area contributed by atoms with Crippen molar-refractivity contribution in [3.63, 3.8) is 0 Å². The fourth-order valence-electron chi connectivity index (χ4n) is 2.63. The van der Waals surface area contributed by atoms with Gasteiger partial charge in [-0.15, -0.1) is 0 Å². The number of hydrogen-bond acceptors (Lipinski definition) is 4. The lowest BCUT2D eigenvalue weighted by Crippen LogP contribution is -2.39. The van der Waals surface area contributed by atoms with Gasteiger partial charge in [-0.25, -0.2) is 0 Å². The summed E-state index contributed by atoms with van der Waals surface area (Å²) in [6.07, 6.45) is 0.387. The van der Waals surface area contributed by atoms with E-state index in [1.807, 2.05) is 12.1 Å². The molecule has 0 spiro atoms. The lowest BCUT2D eigenvalue weighted by Gasteiger charge is -2.27. The topological polar surface area (TPSA) is 52.6 Å². The lowest BCUT2D eigenvalue weighted by molar-refractivity contribution is -0.177. The summed E-state index contributed by atoms with van der Waals surface area (Å²) in [5.74, 6) is -1.30. The second kappa shape index (κ2) is 6.07. The van der Waals surface area contributed by atoms with Gasteiger partial charge in [-0.2, -0.15) is 0 Å². The van der Waals surface area contributed by atoms with Gasteiger partial charge in [0.05, 0.1) is 0 Å². The molecule has 1 aliphatic carbocycles. The van der Waals surface area contributed by atoms with Gasteiger partial charge in [-0.05, 0) is 65.7 Å². The van der Waals surface area contributed by atoms with Gasteiger partial charge in [0, 0.05) is 10.9 Å². The number of ether oxygens (including phenoxy) is 2. The molecule has 132 valence electrons. The number of carbonyl (C=O) groups excluding carboxylic acids is 2. The quantitative estimate of drug-likeness (QED) is 0.593. The summed E-state index contributed by atoms with van der Waals surface area (Å²) < 4.78 is 11.0. The third kappa shape index (κ3) is 4.10. The van der Waals surface area contributed by atoms with Crippen LogP contribution in [0.5, 0.6) is 0 Å². The van der Waals surface area contributed by atoms with Crippen molar-refractivity contribution in [2.45, 2.75) is 65.1 Å². The van der Waals surface area contributed by atoms with Crippen LogP contribution in [0.4, 0.5) is 0 Å². The van der Waals surface area contributed by atoms with Crippen LogP contribution in [-0.2, 0) is 19.1 Å². The summed E-state index contributed by atoms with van der Waals surface area (Å²) in [4.78, 5) is 25.5. The van der Waals surface area contributed by atoms with Crippen molar-refractivity contribution < 1.29 is 19.1 Å². The van der Waals surface area contributed by atoms with Crippen molar-refractivity contribution in [1.29, 1.82) is 0 Å². The van der Waals surface area contributed by atoms with E-state index >= 15 is 0 Å². The van der Waals surface area contributed by atoms with Crippen LogP contribution in [0.15, 0.2) is 24.3 Å². The first kappa shape index (κ1) is 18.8. The monoisotopic (exact) mass is 352 g/mol. The highest BCUT2D eigenvalue weighted by atomic mass is 35.5. The Balaban J connectivity index is 2.32. The molecule has 0 bridgehead atoms. The molecule has 1 saturated carbocycles. The Labute approximate surface area is 148 Å².